The first-order valence-corrected chi connectivity index (χ1v) is 10.8. The molecule has 0 radical (unpaired) electrons. The van der Waals surface area contributed by atoms with E-state index in [0.29, 0.717) is 6.42 Å². The molecule has 0 aromatic carbocycles. The highest BCUT2D eigenvalue weighted by Crippen LogP contribution is 2.58. The topological polar surface area (TPSA) is 178 Å². The van der Waals surface area contributed by atoms with Crippen molar-refractivity contribution >= 4 is 19.8 Å². The van der Waals surface area contributed by atoms with E-state index < -0.39 is 57.2 Å². The highest BCUT2D eigenvalue weighted by atomic mass is 31.2. The van der Waals surface area contributed by atoms with E-state index in [1.54, 1.807) is 0 Å². The van der Waals surface area contributed by atoms with Crippen LogP contribution in [-0.2, 0) is 37.2 Å². The van der Waals surface area contributed by atoms with Crippen molar-refractivity contribution in [1.82, 2.24) is 0 Å². The number of phosphoric ester groups is 1. The van der Waals surface area contributed by atoms with Crippen molar-refractivity contribution in [2.24, 2.45) is 0 Å². The molecule has 2 bridgehead atoms. The highest BCUT2D eigenvalue weighted by molar-refractivity contribution is 7.48. The number of aliphatic hydroxyl groups excluding tert-OH is 4. The Hall–Kier alpha value is -1.11. The van der Waals surface area contributed by atoms with Crippen molar-refractivity contribution in [3.63, 3.8) is 0 Å². The van der Waals surface area contributed by atoms with Crippen LogP contribution < -0.4 is 0 Å². The Balaban J connectivity index is 1.70. The number of aliphatic hydroxyl groups is 4. The third-order valence-corrected chi connectivity index (χ3v) is 5.93. The quantitative estimate of drug-likeness (QED) is 0.146. The predicted octanol–water partition coefficient (Wildman–Crippen LogP) is -0.633. The third kappa shape index (κ3) is 6.43. The minimum Gasteiger partial charge on any atom is -0.466 e. The van der Waals surface area contributed by atoms with E-state index >= 15 is 0 Å². The summed E-state index contributed by atoms with van der Waals surface area (Å²) in [6.07, 6.45) is -7.62. The molecule has 2 fully saturated rings. The lowest BCUT2D eigenvalue weighted by molar-refractivity contribution is -0.242. The Labute approximate surface area is 167 Å². The lowest BCUT2D eigenvalue weighted by Crippen LogP contribution is -2.66. The van der Waals surface area contributed by atoms with E-state index in [9.17, 15) is 34.6 Å². The maximum atomic E-state index is 12.5. The summed E-state index contributed by atoms with van der Waals surface area (Å²) >= 11 is 0. The fourth-order valence-corrected chi connectivity index (χ4v) is 4.29. The van der Waals surface area contributed by atoms with Crippen LogP contribution in [0, 0.1) is 0 Å². The number of rotatable bonds is 10. The van der Waals surface area contributed by atoms with E-state index in [0.717, 1.165) is 12.8 Å². The van der Waals surface area contributed by atoms with Gasteiger partial charge in [-0.05, 0) is 12.8 Å². The first-order valence-electron chi connectivity index (χ1n) is 9.33. The minimum absolute atomic E-state index is 0.0581. The number of esters is 2. The summed E-state index contributed by atoms with van der Waals surface area (Å²) in [6, 6.07) is 0. The minimum atomic E-state index is -4.38. The van der Waals surface area contributed by atoms with Gasteiger partial charge in [-0.3, -0.25) is 18.6 Å². The molecular formula is C16H27O12P. The van der Waals surface area contributed by atoms with Gasteiger partial charge in [-0.25, -0.2) is 9.09 Å². The first-order chi connectivity index (χ1) is 13.7. The lowest BCUT2D eigenvalue weighted by atomic mass is 9.85. The Bertz CT molecular complexity index is 581. The van der Waals surface area contributed by atoms with Crippen LogP contribution in [0.3, 0.4) is 0 Å². The number of carbonyl (C=O) groups excluding carboxylic acids is 2. The van der Waals surface area contributed by atoms with Crippen molar-refractivity contribution in [1.29, 1.82) is 0 Å². The third-order valence-electron chi connectivity index (χ3n) is 4.50. The van der Waals surface area contributed by atoms with Gasteiger partial charge in [0.15, 0.2) is 0 Å². The summed E-state index contributed by atoms with van der Waals surface area (Å²) in [5, 5.41) is 39.3. The molecule has 0 aromatic heterocycles. The van der Waals surface area contributed by atoms with Gasteiger partial charge in [0.05, 0.1) is 6.61 Å². The molecule has 12 nitrogen and oxygen atoms in total. The zero-order valence-electron chi connectivity index (χ0n) is 15.9. The van der Waals surface area contributed by atoms with E-state index in [4.69, 9.17) is 23.0 Å². The van der Waals surface area contributed by atoms with Gasteiger partial charge in [0.1, 0.15) is 36.6 Å². The van der Waals surface area contributed by atoms with Gasteiger partial charge in [-0.2, -0.15) is 0 Å². The van der Waals surface area contributed by atoms with Crippen LogP contribution in [0.25, 0.3) is 0 Å². The molecule has 2 aliphatic rings. The second-order valence-corrected chi connectivity index (χ2v) is 8.31. The molecule has 1 saturated carbocycles. The number of hydrogen-bond donors (Lipinski definition) is 4. The van der Waals surface area contributed by atoms with Crippen LogP contribution in [0.1, 0.15) is 39.0 Å². The summed E-state index contributed by atoms with van der Waals surface area (Å²) in [7, 11) is -4.38. The summed E-state index contributed by atoms with van der Waals surface area (Å²) in [6.45, 7) is 1.20. The second-order valence-electron chi connectivity index (χ2n) is 6.74. The lowest BCUT2D eigenvalue weighted by Gasteiger charge is -2.47. The standard InChI is InChI=1S/C16H27O12P/c1-2-3-5-9(17)24-7-4-6-10(18)25-8-26-29(23)27-15-12(20)11(19)13(21)16(28-29)14(15)22/h11-16,19-22H,2-8H2,1H3/t11?,12-,13+,14?,15-,16-,29?/m0/s1. The SMILES string of the molecule is CCCCC(=O)OCCCC(=O)OCOP1(=O)O[C@@H]2C(O)[C@@H](O1)[C@@H](O)C(O)[C@H]2O. The molecule has 13 heteroatoms. The number of fused-ring (bicyclic) bond motifs is 2. The highest BCUT2D eigenvalue weighted by Gasteiger charge is 2.59. The Kier molecular flexibility index (Phi) is 8.98. The zero-order chi connectivity index (χ0) is 21.6. The predicted molar refractivity (Wildman–Crippen MR) is 93.1 cm³/mol. The summed E-state index contributed by atoms with van der Waals surface area (Å²) < 4.78 is 36.8. The van der Waals surface area contributed by atoms with Gasteiger partial charge in [-0.15, -0.1) is 0 Å². The molecule has 1 aliphatic heterocycles. The van der Waals surface area contributed by atoms with Gasteiger partial charge < -0.3 is 29.9 Å². The molecule has 7 atom stereocenters. The average molecular weight is 442 g/mol. The van der Waals surface area contributed by atoms with Gasteiger partial charge in [0.2, 0.25) is 6.79 Å². The molecule has 29 heavy (non-hydrogen) atoms. The Morgan fingerprint density at radius 1 is 0.862 bits per heavy atom. The largest absolute Gasteiger partial charge is 0.478 e. The summed E-state index contributed by atoms with van der Waals surface area (Å²) in [5.41, 5.74) is 0. The number of phosphoric acid groups is 1. The molecule has 1 heterocycles. The van der Waals surface area contributed by atoms with E-state index in [1.165, 1.54) is 0 Å². The van der Waals surface area contributed by atoms with Crippen LogP contribution in [0.5, 0.6) is 0 Å². The van der Waals surface area contributed by atoms with Gasteiger partial charge >= 0.3 is 19.8 Å². The van der Waals surface area contributed by atoms with Gasteiger partial charge in [0.25, 0.3) is 0 Å². The number of ether oxygens (including phenoxy) is 2. The molecule has 0 amide bonds. The molecule has 1 aliphatic carbocycles. The molecular weight excluding hydrogens is 415 g/mol. The maximum absolute atomic E-state index is 12.5. The number of hydrogen-bond acceptors (Lipinski definition) is 12. The Morgan fingerprint density at radius 2 is 1.41 bits per heavy atom. The van der Waals surface area contributed by atoms with Crippen LogP contribution in [0.4, 0.5) is 0 Å². The fraction of sp³-hybridized carbons (Fsp3) is 0.875. The van der Waals surface area contributed by atoms with Crippen LogP contribution in [0.2, 0.25) is 0 Å². The molecule has 2 rings (SSSR count). The van der Waals surface area contributed by atoms with E-state index in [2.05, 4.69) is 0 Å². The number of carbonyl (C=O) groups is 2. The van der Waals surface area contributed by atoms with Crippen LogP contribution in [-0.4, -0.2) is 82.4 Å². The van der Waals surface area contributed by atoms with Crippen molar-refractivity contribution in [2.45, 2.75) is 75.7 Å². The number of unbranched alkanes of at least 4 members (excludes halogenated alkanes) is 1. The van der Waals surface area contributed by atoms with E-state index in [-0.39, 0.29) is 25.4 Å². The first kappa shape index (κ1) is 24.2. The zero-order valence-corrected chi connectivity index (χ0v) is 16.8. The normalized spacial score (nSPS) is 36.4. The van der Waals surface area contributed by atoms with Crippen LogP contribution in [0.15, 0.2) is 0 Å². The summed E-state index contributed by atoms with van der Waals surface area (Å²) in [5.74, 6) is -1.05. The fourth-order valence-electron chi connectivity index (χ4n) is 2.84. The second kappa shape index (κ2) is 10.8. The average Bonchev–Trinajstić information content (AvgIpc) is 2.68. The molecule has 1 saturated heterocycles. The summed E-state index contributed by atoms with van der Waals surface area (Å²) in [4.78, 5) is 22.9. The molecule has 0 aromatic rings. The monoisotopic (exact) mass is 442 g/mol. The van der Waals surface area contributed by atoms with Crippen molar-refractivity contribution in [3.05, 3.63) is 0 Å². The van der Waals surface area contributed by atoms with Gasteiger partial charge in [0, 0.05) is 12.8 Å². The Morgan fingerprint density at radius 3 is 2.00 bits per heavy atom. The van der Waals surface area contributed by atoms with Crippen molar-refractivity contribution < 1.29 is 57.6 Å². The van der Waals surface area contributed by atoms with Crippen molar-refractivity contribution in [2.75, 3.05) is 13.4 Å². The molecule has 3 unspecified atom stereocenters. The van der Waals surface area contributed by atoms with Gasteiger partial charge in [-0.1, -0.05) is 13.3 Å². The maximum Gasteiger partial charge on any atom is 0.478 e. The van der Waals surface area contributed by atoms with E-state index in [1.807, 2.05) is 6.92 Å². The molecule has 0 spiro atoms. The van der Waals surface area contributed by atoms with Crippen molar-refractivity contribution in [3.8, 4) is 0 Å². The smallest absolute Gasteiger partial charge is 0.466 e. The van der Waals surface area contributed by atoms with Crippen LogP contribution >= 0.6 is 7.82 Å². The molecule has 168 valence electrons. The molecule has 4 N–H and O–H groups in total.